The van der Waals surface area contributed by atoms with E-state index in [9.17, 15) is 19.2 Å². The number of likely N-dealkylation sites (tertiary alicyclic amines) is 1. The minimum Gasteiger partial charge on any atom is -0.397 e. The van der Waals surface area contributed by atoms with E-state index in [0.29, 0.717) is 92.6 Å². The van der Waals surface area contributed by atoms with Crippen LogP contribution in [-0.4, -0.2) is 113 Å². The summed E-state index contributed by atoms with van der Waals surface area (Å²) in [5, 5.41) is 26.8. The number of nitrogen functional groups attached to an aromatic ring is 1. The zero-order valence-electron chi connectivity index (χ0n) is 42.8. The summed E-state index contributed by atoms with van der Waals surface area (Å²) in [6.07, 6.45) is 6.52. The van der Waals surface area contributed by atoms with Crippen LogP contribution in [0, 0.1) is 5.92 Å². The lowest BCUT2D eigenvalue weighted by molar-refractivity contribution is -0.127. The SMILES string of the molecule is CC[C@@H]1CN(c2ccc3c(c2)CC[C@H](NC(=O)c2sc4nc([C@H](C)NC(=O)C5CCN(CCNC(=O)c6cnc(N/N=C7/C(=O)N(c8nc(-c9ccccc9)cs8)N=C7c7ccccc7)s6)CC5)ccc4c2N)C3)CCN1. The number of rotatable bonds is 16. The van der Waals surface area contributed by atoms with Crippen LogP contribution in [0.2, 0.25) is 0 Å². The molecule has 4 amide bonds. The molecule has 21 heteroatoms. The predicted molar refractivity (Wildman–Crippen MR) is 307 cm³/mol. The van der Waals surface area contributed by atoms with E-state index in [-0.39, 0.29) is 41.4 Å². The Bertz CT molecular complexity index is 3370. The highest BCUT2D eigenvalue weighted by atomic mass is 32.1. The lowest BCUT2D eigenvalue weighted by Crippen LogP contribution is -2.50. The number of aromatic nitrogens is 3. The molecule has 2 saturated heterocycles. The van der Waals surface area contributed by atoms with Gasteiger partial charge in [-0.05, 0) is 93.9 Å². The topological polar surface area (TPSA) is 228 Å². The second kappa shape index (κ2) is 23.0. The molecule has 4 aromatic heterocycles. The van der Waals surface area contributed by atoms with Gasteiger partial charge in [0.15, 0.2) is 5.71 Å². The van der Waals surface area contributed by atoms with Gasteiger partial charge in [0.05, 0.1) is 29.3 Å². The Kier molecular flexibility index (Phi) is 15.5. The first-order valence-corrected chi connectivity index (χ1v) is 28.8. The van der Waals surface area contributed by atoms with Crippen LogP contribution in [0.4, 0.5) is 21.6 Å². The van der Waals surface area contributed by atoms with Gasteiger partial charge in [-0.2, -0.15) is 15.2 Å². The summed E-state index contributed by atoms with van der Waals surface area (Å²) < 4.78 is 0. The summed E-state index contributed by atoms with van der Waals surface area (Å²) in [7, 11) is 0. The molecule has 396 valence electrons. The fourth-order valence-corrected chi connectivity index (χ4v) is 12.8. The lowest BCUT2D eigenvalue weighted by atomic mass is 9.87. The summed E-state index contributed by atoms with van der Waals surface area (Å²) in [5.74, 6) is -1.07. The van der Waals surface area contributed by atoms with Crippen LogP contribution >= 0.6 is 34.0 Å². The number of benzene rings is 3. The Labute approximate surface area is 458 Å². The van der Waals surface area contributed by atoms with Gasteiger partial charge in [0.2, 0.25) is 16.2 Å². The fourth-order valence-electron chi connectivity index (χ4n) is 10.4. The number of thiophene rings is 1. The number of carbonyl (C=O) groups is 4. The third kappa shape index (κ3) is 11.5. The number of nitrogens with zero attached hydrogens (tertiary/aromatic N) is 8. The molecular weight excluding hydrogens is 1030 g/mol. The number of nitrogens with one attached hydrogen (secondary N) is 5. The van der Waals surface area contributed by atoms with E-state index in [1.54, 1.807) is 0 Å². The van der Waals surface area contributed by atoms with Crippen molar-refractivity contribution in [1.29, 1.82) is 0 Å². The number of aryl methyl sites for hydroxylation is 1. The van der Waals surface area contributed by atoms with E-state index in [0.717, 1.165) is 73.3 Å². The van der Waals surface area contributed by atoms with Crippen LogP contribution in [0.1, 0.15) is 87.3 Å². The molecule has 4 aliphatic rings. The Morgan fingerprint density at radius 3 is 2.49 bits per heavy atom. The first kappa shape index (κ1) is 51.7. The predicted octanol–water partition coefficient (Wildman–Crippen LogP) is 7.47. The molecule has 11 rings (SSSR count). The second-order valence-corrected chi connectivity index (χ2v) is 22.7. The first-order chi connectivity index (χ1) is 37.5. The highest BCUT2D eigenvalue weighted by Crippen LogP contribution is 2.35. The minimum atomic E-state index is -0.445. The Morgan fingerprint density at radius 2 is 1.70 bits per heavy atom. The van der Waals surface area contributed by atoms with Gasteiger partial charge in [-0.1, -0.05) is 85.0 Å². The number of amides is 4. The molecule has 7 aromatic rings. The number of carbonyl (C=O) groups excluding carboxylic acids is 4. The van der Waals surface area contributed by atoms with Gasteiger partial charge < -0.3 is 36.8 Å². The number of hydrazone groups is 2. The highest BCUT2D eigenvalue weighted by molar-refractivity contribution is 7.21. The van der Waals surface area contributed by atoms with Crippen LogP contribution < -0.4 is 42.3 Å². The van der Waals surface area contributed by atoms with Crippen molar-refractivity contribution in [1.82, 2.24) is 41.1 Å². The Balaban J connectivity index is 0.625. The monoisotopic (exact) mass is 1090 g/mol. The maximum atomic E-state index is 13.8. The van der Waals surface area contributed by atoms with Gasteiger partial charge in [-0.15, -0.1) is 22.7 Å². The van der Waals surface area contributed by atoms with Crippen molar-refractivity contribution in [2.45, 2.75) is 70.5 Å². The normalized spacial score (nSPS) is 19.0. The molecule has 7 heterocycles. The summed E-state index contributed by atoms with van der Waals surface area (Å²) in [6, 6.07) is 29.8. The molecule has 7 N–H and O–H groups in total. The maximum absolute atomic E-state index is 13.8. The quantitative estimate of drug-likeness (QED) is 0.0518. The number of piperidine rings is 1. The van der Waals surface area contributed by atoms with Gasteiger partial charge in [-0.25, -0.2) is 15.0 Å². The molecule has 77 heavy (non-hydrogen) atoms. The number of piperazine rings is 1. The van der Waals surface area contributed by atoms with E-state index in [1.807, 2.05) is 85.1 Å². The molecule has 18 nitrogen and oxygen atoms in total. The van der Waals surface area contributed by atoms with Crippen molar-refractivity contribution in [3.05, 3.63) is 135 Å². The molecule has 0 unspecified atom stereocenters. The number of anilines is 4. The fraction of sp³-hybridized carbons (Fsp3) is 0.339. The van der Waals surface area contributed by atoms with E-state index >= 15 is 0 Å². The maximum Gasteiger partial charge on any atom is 0.303 e. The Hall–Kier alpha value is -7.43. The summed E-state index contributed by atoms with van der Waals surface area (Å²) >= 11 is 3.72. The molecule has 2 fully saturated rings. The van der Waals surface area contributed by atoms with Crippen LogP contribution in [0.15, 0.2) is 113 Å². The standard InChI is InChI=1S/C56H60N14O4S3/c1-3-39-31-69(27-23-58-39)41-17-15-37-28-40(16-14-38(37)29-41)62-52(73)49-46(57)42-18-19-43(63-53(42)77-49)33(2)61-50(71)36-20-24-68(25-21-36)26-22-59-51(72)45-30-60-55(76-45)66-65-48-47(35-12-8-5-9-13-35)67-70(54(48)74)56-64-44(32-75-56)34-10-6-4-7-11-34/h4-13,15,17-19,29-30,32-33,36,39-40,58H,3,14,16,20-28,31,57H2,1-2H3,(H,59,72)(H,60,66)(H,61,71)(H,62,73)/b65-48+/t33-,39+,40-/m0/s1. The molecule has 3 aliphatic heterocycles. The number of pyridine rings is 1. The van der Waals surface area contributed by atoms with Gasteiger partial charge in [-0.3, -0.25) is 24.6 Å². The molecule has 0 spiro atoms. The zero-order valence-corrected chi connectivity index (χ0v) is 45.3. The molecule has 0 saturated carbocycles. The van der Waals surface area contributed by atoms with E-state index in [1.165, 1.54) is 50.7 Å². The number of fused-ring (bicyclic) bond motifs is 2. The molecule has 3 atom stereocenters. The smallest absolute Gasteiger partial charge is 0.303 e. The van der Waals surface area contributed by atoms with Crippen LogP contribution in [0.5, 0.6) is 0 Å². The van der Waals surface area contributed by atoms with Crippen molar-refractivity contribution in [3.63, 3.8) is 0 Å². The molecule has 3 aromatic carbocycles. The van der Waals surface area contributed by atoms with Crippen molar-refractivity contribution in [3.8, 4) is 11.3 Å². The molecular formula is C56H60N14O4S3. The van der Waals surface area contributed by atoms with Gasteiger partial charge >= 0.3 is 5.91 Å². The summed E-state index contributed by atoms with van der Waals surface area (Å²) in [6.45, 7) is 9.65. The van der Waals surface area contributed by atoms with Crippen molar-refractivity contribution < 1.29 is 19.2 Å². The van der Waals surface area contributed by atoms with Crippen molar-refractivity contribution in [2.75, 3.05) is 66.9 Å². The van der Waals surface area contributed by atoms with E-state index in [2.05, 4.69) is 81.8 Å². The van der Waals surface area contributed by atoms with Crippen molar-refractivity contribution in [2.24, 2.45) is 16.1 Å². The van der Waals surface area contributed by atoms with Crippen LogP contribution in [0.3, 0.4) is 0 Å². The van der Waals surface area contributed by atoms with E-state index < -0.39 is 5.91 Å². The molecule has 0 radical (unpaired) electrons. The van der Waals surface area contributed by atoms with Crippen molar-refractivity contribution >= 4 is 101 Å². The summed E-state index contributed by atoms with van der Waals surface area (Å²) in [5.41, 5.74) is 17.4. The van der Waals surface area contributed by atoms with Crippen LogP contribution in [0.25, 0.3) is 21.5 Å². The Morgan fingerprint density at radius 1 is 0.909 bits per heavy atom. The van der Waals surface area contributed by atoms with Gasteiger partial charge in [0.25, 0.3) is 11.8 Å². The third-order valence-electron chi connectivity index (χ3n) is 14.8. The van der Waals surface area contributed by atoms with E-state index in [4.69, 9.17) is 10.7 Å². The average molecular weight is 1090 g/mol. The number of hydrogen-bond donors (Lipinski definition) is 6. The minimum absolute atomic E-state index is 0.0125. The van der Waals surface area contributed by atoms with Gasteiger partial charge in [0, 0.05) is 78.3 Å². The highest BCUT2D eigenvalue weighted by Gasteiger charge is 2.36. The number of nitrogens with two attached hydrogens (primary N) is 1. The number of hydrogen-bond acceptors (Lipinski definition) is 17. The zero-order chi connectivity index (χ0) is 53.0. The third-order valence-corrected chi connectivity index (χ3v) is 17.6. The largest absolute Gasteiger partial charge is 0.397 e. The van der Waals surface area contributed by atoms with Gasteiger partial charge in [0.1, 0.15) is 20.3 Å². The second-order valence-electron chi connectivity index (χ2n) is 19.8. The lowest BCUT2D eigenvalue weighted by Gasteiger charge is -2.36. The first-order valence-electron chi connectivity index (χ1n) is 26.2. The molecule has 0 bridgehead atoms. The van der Waals surface area contributed by atoms with Crippen LogP contribution in [-0.2, 0) is 22.4 Å². The summed E-state index contributed by atoms with van der Waals surface area (Å²) in [4.78, 5) is 74.4. The number of thiazole rings is 2. The average Bonchev–Trinajstić information content (AvgIpc) is 4.33. The molecule has 1 aliphatic carbocycles.